The van der Waals surface area contributed by atoms with Crippen LogP contribution in [-0.2, 0) is 4.79 Å². The van der Waals surface area contributed by atoms with Crippen LogP contribution >= 0.6 is 0 Å². The van der Waals surface area contributed by atoms with Crippen molar-refractivity contribution in [1.82, 2.24) is 10.2 Å². The lowest BCUT2D eigenvalue weighted by Gasteiger charge is -2.23. The Bertz CT molecular complexity index is 550. The summed E-state index contributed by atoms with van der Waals surface area (Å²) in [6.07, 6.45) is 0. The minimum Gasteiger partial charge on any atom is -0.493 e. The minimum absolute atomic E-state index is 0.00948. The maximum absolute atomic E-state index is 12.4. The number of nitrogens with zero attached hydrogens (tertiary/aromatic N) is 1. The van der Waals surface area contributed by atoms with Crippen molar-refractivity contribution in [2.45, 2.75) is 26.3 Å². The van der Waals surface area contributed by atoms with E-state index in [0.29, 0.717) is 17.1 Å². The second kappa shape index (κ2) is 7.15. The SMILES string of the molecule is COc1ccc(C(=O)N(C)CC(=O)NC(C)(C)C)cc1OC. The van der Waals surface area contributed by atoms with Crippen LogP contribution in [0, 0.1) is 0 Å². The van der Waals surface area contributed by atoms with Crippen LogP contribution in [0.15, 0.2) is 18.2 Å². The van der Waals surface area contributed by atoms with Crippen LogP contribution in [0.4, 0.5) is 0 Å². The Morgan fingerprint density at radius 2 is 1.73 bits per heavy atom. The first-order valence-electron chi connectivity index (χ1n) is 6.96. The Labute approximate surface area is 131 Å². The predicted molar refractivity (Wildman–Crippen MR) is 84.4 cm³/mol. The zero-order valence-electron chi connectivity index (χ0n) is 14.0. The summed E-state index contributed by atoms with van der Waals surface area (Å²) in [5, 5.41) is 2.82. The Balaban J connectivity index is 2.81. The molecule has 0 aliphatic rings. The summed E-state index contributed by atoms with van der Waals surface area (Å²) in [5.74, 6) is 0.557. The van der Waals surface area contributed by atoms with E-state index < -0.39 is 0 Å². The number of likely N-dealkylation sites (N-methyl/N-ethyl adjacent to an activating group) is 1. The molecule has 0 unspecified atom stereocenters. The van der Waals surface area contributed by atoms with Crippen molar-refractivity contribution < 1.29 is 19.1 Å². The fraction of sp³-hybridized carbons (Fsp3) is 0.500. The first-order chi connectivity index (χ1) is 10.2. The van der Waals surface area contributed by atoms with Crippen LogP contribution in [0.1, 0.15) is 31.1 Å². The van der Waals surface area contributed by atoms with Gasteiger partial charge in [-0.3, -0.25) is 9.59 Å². The number of nitrogens with one attached hydrogen (secondary N) is 1. The summed E-state index contributed by atoms with van der Waals surface area (Å²) in [6, 6.07) is 4.90. The average Bonchev–Trinajstić information content (AvgIpc) is 2.43. The molecule has 0 saturated heterocycles. The van der Waals surface area contributed by atoms with Gasteiger partial charge in [0, 0.05) is 18.2 Å². The molecule has 0 heterocycles. The fourth-order valence-corrected chi connectivity index (χ4v) is 1.93. The summed E-state index contributed by atoms with van der Waals surface area (Å²) < 4.78 is 10.3. The molecule has 0 radical (unpaired) electrons. The lowest BCUT2D eigenvalue weighted by molar-refractivity contribution is -0.122. The van der Waals surface area contributed by atoms with Gasteiger partial charge in [0.25, 0.3) is 5.91 Å². The third-order valence-electron chi connectivity index (χ3n) is 2.87. The van der Waals surface area contributed by atoms with E-state index in [2.05, 4.69) is 5.32 Å². The highest BCUT2D eigenvalue weighted by Gasteiger charge is 2.19. The van der Waals surface area contributed by atoms with Crippen molar-refractivity contribution in [3.05, 3.63) is 23.8 Å². The molecular weight excluding hydrogens is 284 g/mol. The van der Waals surface area contributed by atoms with Crippen molar-refractivity contribution in [3.8, 4) is 11.5 Å². The molecule has 22 heavy (non-hydrogen) atoms. The first kappa shape index (κ1) is 17.8. The molecule has 6 heteroatoms. The summed E-state index contributed by atoms with van der Waals surface area (Å²) >= 11 is 0. The predicted octanol–water partition coefficient (Wildman–Crippen LogP) is 1.69. The third kappa shape index (κ3) is 4.95. The minimum atomic E-state index is -0.329. The zero-order chi connectivity index (χ0) is 16.9. The number of methoxy groups -OCH3 is 2. The van der Waals surface area contributed by atoms with Crippen molar-refractivity contribution in [1.29, 1.82) is 0 Å². The number of benzene rings is 1. The zero-order valence-corrected chi connectivity index (χ0v) is 14.0. The van der Waals surface area contributed by atoms with Crippen molar-refractivity contribution in [3.63, 3.8) is 0 Å². The van der Waals surface area contributed by atoms with E-state index in [0.717, 1.165) is 0 Å². The number of carbonyl (C=O) groups excluding carboxylic acids is 2. The topological polar surface area (TPSA) is 67.9 Å². The quantitative estimate of drug-likeness (QED) is 0.899. The van der Waals surface area contributed by atoms with Gasteiger partial charge in [0.15, 0.2) is 11.5 Å². The van der Waals surface area contributed by atoms with Gasteiger partial charge in [-0.2, -0.15) is 0 Å². The van der Waals surface area contributed by atoms with E-state index in [1.54, 1.807) is 25.2 Å². The molecule has 1 aromatic rings. The summed E-state index contributed by atoms with van der Waals surface area (Å²) in [5.41, 5.74) is 0.105. The van der Waals surface area contributed by atoms with E-state index in [4.69, 9.17) is 9.47 Å². The maximum atomic E-state index is 12.4. The van der Waals surface area contributed by atoms with Gasteiger partial charge in [-0.05, 0) is 39.0 Å². The van der Waals surface area contributed by atoms with E-state index >= 15 is 0 Å². The van der Waals surface area contributed by atoms with Crippen molar-refractivity contribution in [2.24, 2.45) is 0 Å². The highest BCUT2D eigenvalue weighted by atomic mass is 16.5. The molecule has 0 aliphatic carbocycles. The molecule has 0 aromatic heterocycles. The molecule has 1 N–H and O–H groups in total. The van der Waals surface area contributed by atoms with E-state index in [1.165, 1.54) is 19.1 Å². The molecule has 0 fully saturated rings. The number of amides is 2. The van der Waals surface area contributed by atoms with Gasteiger partial charge >= 0.3 is 0 Å². The van der Waals surface area contributed by atoms with E-state index in [1.807, 2.05) is 20.8 Å². The number of rotatable bonds is 5. The molecule has 0 atom stereocenters. The number of carbonyl (C=O) groups is 2. The smallest absolute Gasteiger partial charge is 0.254 e. The molecule has 0 saturated carbocycles. The fourth-order valence-electron chi connectivity index (χ4n) is 1.93. The Morgan fingerprint density at radius 1 is 1.14 bits per heavy atom. The van der Waals surface area contributed by atoms with Crippen LogP contribution in [0.25, 0.3) is 0 Å². The van der Waals surface area contributed by atoms with Crippen LogP contribution in [0.5, 0.6) is 11.5 Å². The second-order valence-corrected chi connectivity index (χ2v) is 6.03. The lowest BCUT2D eigenvalue weighted by atomic mass is 10.1. The first-order valence-corrected chi connectivity index (χ1v) is 6.96. The van der Waals surface area contributed by atoms with Crippen LogP contribution in [0.2, 0.25) is 0 Å². The summed E-state index contributed by atoms with van der Waals surface area (Å²) in [4.78, 5) is 25.6. The second-order valence-electron chi connectivity index (χ2n) is 6.03. The molecule has 122 valence electrons. The van der Waals surface area contributed by atoms with E-state index in [9.17, 15) is 9.59 Å². The van der Waals surface area contributed by atoms with Crippen LogP contribution in [0.3, 0.4) is 0 Å². The van der Waals surface area contributed by atoms with Gasteiger partial charge in [0.2, 0.25) is 5.91 Å². The van der Waals surface area contributed by atoms with Crippen molar-refractivity contribution >= 4 is 11.8 Å². The highest BCUT2D eigenvalue weighted by Crippen LogP contribution is 2.27. The van der Waals surface area contributed by atoms with E-state index in [-0.39, 0.29) is 23.9 Å². The molecule has 1 aromatic carbocycles. The molecule has 6 nitrogen and oxygen atoms in total. The summed E-state index contributed by atoms with van der Waals surface area (Å²) in [7, 11) is 4.62. The molecule has 0 spiro atoms. The van der Waals surface area contributed by atoms with Gasteiger partial charge in [-0.15, -0.1) is 0 Å². The molecular formula is C16H24N2O4. The third-order valence-corrected chi connectivity index (χ3v) is 2.87. The van der Waals surface area contributed by atoms with Crippen molar-refractivity contribution in [2.75, 3.05) is 27.8 Å². The lowest BCUT2D eigenvalue weighted by Crippen LogP contribution is -2.46. The Morgan fingerprint density at radius 3 is 2.23 bits per heavy atom. The number of ether oxygens (including phenoxy) is 2. The Kier molecular flexibility index (Phi) is 5.79. The Hall–Kier alpha value is -2.24. The standard InChI is InChI=1S/C16H24N2O4/c1-16(2,3)17-14(19)10-18(4)15(20)11-7-8-12(21-5)13(9-11)22-6/h7-9H,10H2,1-6H3,(H,17,19). The maximum Gasteiger partial charge on any atom is 0.254 e. The molecule has 0 aliphatic heterocycles. The highest BCUT2D eigenvalue weighted by molar-refractivity contribution is 5.97. The summed E-state index contributed by atoms with van der Waals surface area (Å²) in [6.45, 7) is 5.66. The van der Waals surface area contributed by atoms with Gasteiger partial charge in [0.05, 0.1) is 20.8 Å². The number of hydrogen-bond acceptors (Lipinski definition) is 4. The van der Waals surface area contributed by atoms with Gasteiger partial charge in [-0.25, -0.2) is 0 Å². The van der Waals surface area contributed by atoms with Gasteiger partial charge in [0.1, 0.15) is 0 Å². The monoisotopic (exact) mass is 308 g/mol. The van der Waals surface area contributed by atoms with Gasteiger partial charge in [-0.1, -0.05) is 0 Å². The molecule has 0 bridgehead atoms. The van der Waals surface area contributed by atoms with Gasteiger partial charge < -0.3 is 19.7 Å². The normalized spacial score (nSPS) is 10.8. The molecule has 2 amide bonds. The number of hydrogen-bond donors (Lipinski definition) is 1. The van der Waals surface area contributed by atoms with Crippen LogP contribution < -0.4 is 14.8 Å². The largest absolute Gasteiger partial charge is 0.493 e. The van der Waals surface area contributed by atoms with Crippen LogP contribution in [-0.4, -0.2) is 50.1 Å². The average molecular weight is 308 g/mol. The molecule has 1 rings (SSSR count).